The Morgan fingerprint density at radius 3 is 2.31 bits per heavy atom. The molecule has 1 aliphatic heterocycles. The highest BCUT2D eigenvalue weighted by molar-refractivity contribution is 5.94. The van der Waals surface area contributed by atoms with Crippen molar-refractivity contribution in [1.82, 2.24) is 14.4 Å². The first-order valence-electron chi connectivity index (χ1n) is 11.5. The number of carbonyl (C=O) groups excluding carboxylic acids is 2. The van der Waals surface area contributed by atoms with E-state index in [0.29, 0.717) is 49.1 Å². The zero-order valence-electron chi connectivity index (χ0n) is 20.4. The Labute approximate surface area is 204 Å². The van der Waals surface area contributed by atoms with E-state index in [-0.39, 0.29) is 18.4 Å². The first-order chi connectivity index (χ1) is 16.8. The largest absolute Gasteiger partial charge is 0.497 e. The molecule has 182 valence electrons. The van der Waals surface area contributed by atoms with Crippen LogP contribution in [-0.4, -0.2) is 66.0 Å². The normalized spacial score (nSPS) is 14.0. The maximum atomic E-state index is 13.0. The standard InChI is InChI=1S/C26H29N5O4/c1-17-5-10-23(35-17)26(33)30-13-11-29(12-14-30)16-24(32)28-25-22(15-27)18(2)19(3)31(25)20-6-8-21(34-4)9-7-20/h5-10H,11-14,16H2,1-4H3,(H,28,32). The molecule has 1 saturated heterocycles. The molecule has 35 heavy (non-hydrogen) atoms. The number of nitrogens with one attached hydrogen (secondary N) is 1. The van der Waals surface area contributed by atoms with Gasteiger partial charge in [-0.05, 0) is 62.7 Å². The van der Waals surface area contributed by atoms with Crippen LogP contribution in [0.15, 0.2) is 40.8 Å². The van der Waals surface area contributed by atoms with Gasteiger partial charge in [0.05, 0.1) is 19.2 Å². The molecule has 3 heterocycles. The van der Waals surface area contributed by atoms with Crippen molar-refractivity contribution in [3.8, 4) is 17.5 Å². The van der Waals surface area contributed by atoms with Gasteiger partial charge >= 0.3 is 0 Å². The van der Waals surface area contributed by atoms with Gasteiger partial charge in [0, 0.05) is 37.6 Å². The van der Waals surface area contributed by atoms with Crippen LogP contribution in [0.25, 0.3) is 5.69 Å². The summed E-state index contributed by atoms with van der Waals surface area (Å²) in [6, 6.07) is 13.1. The molecule has 4 rings (SSSR count). The second kappa shape index (κ2) is 10.1. The van der Waals surface area contributed by atoms with Crippen molar-refractivity contribution in [3.05, 3.63) is 64.7 Å². The van der Waals surface area contributed by atoms with Gasteiger partial charge in [-0.2, -0.15) is 5.26 Å². The third kappa shape index (κ3) is 4.93. The lowest BCUT2D eigenvalue weighted by Crippen LogP contribution is -2.50. The lowest BCUT2D eigenvalue weighted by molar-refractivity contribution is -0.117. The summed E-state index contributed by atoms with van der Waals surface area (Å²) in [6.45, 7) is 7.93. The zero-order valence-corrected chi connectivity index (χ0v) is 20.4. The molecule has 2 amide bonds. The third-order valence-corrected chi connectivity index (χ3v) is 6.39. The topological polar surface area (TPSA) is 104 Å². The smallest absolute Gasteiger partial charge is 0.289 e. The molecule has 2 aromatic heterocycles. The van der Waals surface area contributed by atoms with E-state index in [0.717, 1.165) is 22.7 Å². The number of carbonyl (C=O) groups is 2. The Bertz CT molecular complexity index is 1270. The van der Waals surface area contributed by atoms with Crippen LogP contribution in [0.1, 0.15) is 33.1 Å². The minimum Gasteiger partial charge on any atom is -0.497 e. The SMILES string of the molecule is COc1ccc(-n2c(C)c(C)c(C#N)c2NC(=O)CN2CCN(C(=O)c3ccc(C)o3)CC2)cc1. The van der Waals surface area contributed by atoms with Crippen LogP contribution in [0, 0.1) is 32.1 Å². The first kappa shape index (κ1) is 24.1. The number of aryl methyl sites for hydroxylation is 1. The number of piperazine rings is 1. The lowest BCUT2D eigenvalue weighted by atomic mass is 10.2. The summed E-state index contributed by atoms with van der Waals surface area (Å²) >= 11 is 0. The summed E-state index contributed by atoms with van der Waals surface area (Å²) in [5.74, 6) is 1.87. The summed E-state index contributed by atoms with van der Waals surface area (Å²) in [5, 5.41) is 12.7. The van der Waals surface area contributed by atoms with Crippen LogP contribution in [-0.2, 0) is 4.79 Å². The van der Waals surface area contributed by atoms with Crippen LogP contribution in [0.2, 0.25) is 0 Å². The van der Waals surface area contributed by atoms with Crippen molar-refractivity contribution in [2.45, 2.75) is 20.8 Å². The van der Waals surface area contributed by atoms with Gasteiger partial charge in [0.1, 0.15) is 23.4 Å². The average Bonchev–Trinajstić information content (AvgIpc) is 3.39. The molecule has 0 bridgehead atoms. The van der Waals surface area contributed by atoms with Crippen LogP contribution in [0.4, 0.5) is 5.82 Å². The number of furan rings is 1. The van der Waals surface area contributed by atoms with Gasteiger partial charge in [-0.1, -0.05) is 0 Å². The molecule has 0 unspecified atom stereocenters. The van der Waals surface area contributed by atoms with Crippen molar-refractivity contribution in [2.75, 3.05) is 45.2 Å². The summed E-state index contributed by atoms with van der Waals surface area (Å²) in [7, 11) is 1.60. The Hall–Kier alpha value is -4.03. The number of nitrogens with zero attached hydrogens (tertiary/aromatic N) is 4. The number of hydrogen-bond donors (Lipinski definition) is 1. The summed E-state index contributed by atoms with van der Waals surface area (Å²) < 4.78 is 12.6. The van der Waals surface area contributed by atoms with E-state index in [1.165, 1.54) is 0 Å². The van der Waals surface area contributed by atoms with Gasteiger partial charge in [-0.25, -0.2) is 0 Å². The third-order valence-electron chi connectivity index (χ3n) is 6.39. The Morgan fingerprint density at radius 1 is 1.06 bits per heavy atom. The van der Waals surface area contributed by atoms with Gasteiger partial charge in [-0.3, -0.25) is 19.1 Å². The Kier molecular flexibility index (Phi) is 6.94. The summed E-state index contributed by atoms with van der Waals surface area (Å²) in [6.07, 6.45) is 0. The fourth-order valence-electron chi connectivity index (χ4n) is 4.30. The number of nitriles is 1. The second-order valence-corrected chi connectivity index (χ2v) is 8.61. The van der Waals surface area contributed by atoms with Gasteiger partial charge in [-0.15, -0.1) is 0 Å². The molecular formula is C26H29N5O4. The first-order valence-corrected chi connectivity index (χ1v) is 11.5. The quantitative estimate of drug-likeness (QED) is 0.587. The number of hydrogen-bond acceptors (Lipinski definition) is 6. The molecule has 1 fully saturated rings. The Morgan fingerprint density at radius 2 is 1.74 bits per heavy atom. The van der Waals surface area contributed by atoms with E-state index in [2.05, 4.69) is 11.4 Å². The fourth-order valence-corrected chi connectivity index (χ4v) is 4.30. The van der Waals surface area contributed by atoms with Crippen molar-refractivity contribution in [1.29, 1.82) is 5.26 Å². The van der Waals surface area contributed by atoms with E-state index in [1.807, 2.05) is 47.6 Å². The van der Waals surface area contributed by atoms with Gasteiger partial charge in [0.15, 0.2) is 5.76 Å². The van der Waals surface area contributed by atoms with Crippen LogP contribution >= 0.6 is 0 Å². The van der Waals surface area contributed by atoms with Crippen LogP contribution < -0.4 is 10.1 Å². The molecule has 0 aliphatic carbocycles. The predicted molar refractivity (Wildman–Crippen MR) is 131 cm³/mol. The molecule has 9 nitrogen and oxygen atoms in total. The van der Waals surface area contributed by atoms with Gasteiger partial charge < -0.3 is 19.4 Å². The molecule has 1 aromatic carbocycles. The monoisotopic (exact) mass is 475 g/mol. The molecule has 1 aliphatic rings. The number of amides is 2. The van der Waals surface area contributed by atoms with Crippen molar-refractivity contribution in [3.63, 3.8) is 0 Å². The van der Waals surface area contributed by atoms with E-state index in [9.17, 15) is 14.9 Å². The molecule has 9 heteroatoms. The van der Waals surface area contributed by atoms with E-state index >= 15 is 0 Å². The molecule has 0 atom stereocenters. The highest BCUT2D eigenvalue weighted by atomic mass is 16.5. The van der Waals surface area contributed by atoms with E-state index in [1.54, 1.807) is 31.1 Å². The highest BCUT2D eigenvalue weighted by Gasteiger charge is 2.26. The molecular weight excluding hydrogens is 446 g/mol. The van der Waals surface area contributed by atoms with Crippen molar-refractivity contribution in [2.24, 2.45) is 0 Å². The number of anilines is 1. The number of benzene rings is 1. The number of aromatic nitrogens is 1. The van der Waals surface area contributed by atoms with Crippen LogP contribution in [0.3, 0.4) is 0 Å². The van der Waals surface area contributed by atoms with Crippen molar-refractivity contribution < 1.29 is 18.7 Å². The maximum absolute atomic E-state index is 13.0. The molecule has 0 saturated carbocycles. The number of methoxy groups -OCH3 is 1. The fraction of sp³-hybridized carbons (Fsp3) is 0.346. The van der Waals surface area contributed by atoms with Crippen molar-refractivity contribution >= 4 is 17.6 Å². The van der Waals surface area contributed by atoms with Gasteiger partial charge in [0.2, 0.25) is 5.91 Å². The van der Waals surface area contributed by atoms with E-state index in [4.69, 9.17) is 9.15 Å². The molecule has 0 radical (unpaired) electrons. The summed E-state index contributed by atoms with van der Waals surface area (Å²) in [5.41, 5.74) is 2.96. The predicted octanol–water partition coefficient (Wildman–Crippen LogP) is 3.27. The minimum atomic E-state index is -0.213. The average molecular weight is 476 g/mol. The van der Waals surface area contributed by atoms with Crippen LogP contribution in [0.5, 0.6) is 5.75 Å². The molecule has 3 aromatic rings. The van der Waals surface area contributed by atoms with E-state index < -0.39 is 0 Å². The lowest BCUT2D eigenvalue weighted by Gasteiger charge is -2.33. The van der Waals surface area contributed by atoms with Gasteiger partial charge in [0.25, 0.3) is 5.91 Å². The highest BCUT2D eigenvalue weighted by Crippen LogP contribution is 2.30. The molecule has 0 spiro atoms. The summed E-state index contributed by atoms with van der Waals surface area (Å²) in [4.78, 5) is 29.3. The zero-order chi connectivity index (χ0) is 25.1. The Balaban J connectivity index is 1.44. The second-order valence-electron chi connectivity index (χ2n) is 8.61. The molecule has 1 N–H and O–H groups in total. The number of rotatable bonds is 6. The minimum absolute atomic E-state index is 0.135. The maximum Gasteiger partial charge on any atom is 0.289 e. The number of ether oxygens (including phenoxy) is 1.